The Hall–Kier alpha value is -2.08. The van der Waals surface area contributed by atoms with Crippen molar-refractivity contribution in [1.29, 1.82) is 0 Å². The second-order valence-corrected chi connectivity index (χ2v) is 5.39. The molecule has 2 aromatic carbocycles. The largest absolute Gasteiger partial charge is 0.454 e. The molecule has 4 rings (SSSR count). The van der Waals surface area contributed by atoms with Crippen molar-refractivity contribution in [2.45, 2.75) is 6.54 Å². The molecule has 0 fully saturated rings. The Kier molecular flexibility index (Phi) is 2.63. The lowest BCUT2D eigenvalue weighted by Crippen LogP contribution is -2.02. The molecule has 1 aliphatic rings. The van der Waals surface area contributed by atoms with E-state index >= 15 is 0 Å². The summed E-state index contributed by atoms with van der Waals surface area (Å²) >= 11 is 3.56. The predicted octanol–water partition coefficient (Wildman–Crippen LogP) is 2.97. The van der Waals surface area contributed by atoms with E-state index in [0.29, 0.717) is 6.54 Å². The normalized spacial score (nSPS) is 13.1. The Labute approximate surface area is 123 Å². The molecule has 0 spiro atoms. The Morgan fingerprint density at radius 1 is 1.15 bits per heavy atom. The minimum absolute atomic E-state index is 0.275. The molecule has 0 bridgehead atoms. The zero-order chi connectivity index (χ0) is 13.5. The third-order valence-electron chi connectivity index (χ3n) is 3.28. The van der Waals surface area contributed by atoms with E-state index in [4.69, 9.17) is 9.47 Å². The number of hydrogen-bond acceptors (Lipinski definition) is 4. The molecule has 0 amide bonds. The van der Waals surface area contributed by atoms with Crippen LogP contribution in [0.25, 0.3) is 11.0 Å². The van der Waals surface area contributed by atoms with Gasteiger partial charge in [0.2, 0.25) is 6.79 Å². The second kappa shape index (κ2) is 4.49. The number of halogens is 1. The van der Waals surface area contributed by atoms with Gasteiger partial charge in [-0.2, -0.15) is 0 Å². The zero-order valence-electron chi connectivity index (χ0n) is 10.4. The number of aromatic nitrogens is 3. The molecule has 6 heteroatoms. The quantitative estimate of drug-likeness (QED) is 0.724. The molecule has 0 radical (unpaired) electrons. The summed E-state index contributed by atoms with van der Waals surface area (Å²) in [6, 6.07) is 11.8. The molecule has 0 atom stereocenters. The van der Waals surface area contributed by atoms with Crippen LogP contribution in [0, 0.1) is 0 Å². The zero-order valence-corrected chi connectivity index (χ0v) is 12.0. The first kappa shape index (κ1) is 11.7. The van der Waals surface area contributed by atoms with Crippen molar-refractivity contribution in [3.8, 4) is 11.5 Å². The second-order valence-electron chi connectivity index (χ2n) is 4.53. The summed E-state index contributed by atoms with van der Waals surface area (Å²) in [7, 11) is 0. The highest BCUT2D eigenvalue weighted by atomic mass is 79.9. The highest BCUT2D eigenvalue weighted by molar-refractivity contribution is 9.10. The minimum Gasteiger partial charge on any atom is -0.454 e. The lowest BCUT2D eigenvalue weighted by molar-refractivity contribution is 0.174. The van der Waals surface area contributed by atoms with Gasteiger partial charge in [0.15, 0.2) is 11.5 Å². The average Bonchev–Trinajstić information content (AvgIpc) is 3.06. The molecule has 5 nitrogen and oxygen atoms in total. The lowest BCUT2D eigenvalue weighted by Gasteiger charge is -2.07. The van der Waals surface area contributed by atoms with Gasteiger partial charge in [-0.05, 0) is 29.8 Å². The molecule has 0 aliphatic carbocycles. The summed E-state index contributed by atoms with van der Waals surface area (Å²) < 4.78 is 13.6. The van der Waals surface area contributed by atoms with E-state index in [0.717, 1.165) is 32.6 Å². The highest BCUT2D eigenvalue weighted by Gasteiger charge is 2.17. The maximum Gasteiger partial charge on any atom is 0.231 e. The summed E-state index contributed by atoms with van der Waals surface area (Å²) in [5.74, 6) is 1.54. The van der Waals surface area contributed by atoms with Crippen molar-refractivity contribution >= 4 is 27.0 Å². The molecular formula is C14H10BrN3O2. The van der Waals surface area contributed by atoms with Crippen LogP contribution in [0.1, 0.15) is 5.56 Å². The van der Waals surface area contributed by atoms with Crippen LogP contribution in [-0.4, -0.2) is 21.8 Å². The van der Waals surface area contributed by atoms with Crippen molar-refractivity contribution in [3.63, 3.8) is 0 Å². The monoisotopic (exact) mass is 331 g/mol. The van der Waals surface area contributed by atoms with E-state index in [1.807, 2.05) is 41.1 Å². The molecule has 100 valence electrons. The summed E-state index contributed by atoms with van der Waals surface area (Å²) in [5.41, 5.74) is 2.98. The third kappa shape index (κ3) is 1.84. The lowest BCUT2D eigenvalue weighted by atomic mass is 10.2. The topological polar surface area (TPSA) is 49.2 Å². The van der Waals surface area contributed by atoms with Crippen LogP contribution in [0.15, 0.2) is 40.9 Å². The maximum absolute atomic E-state index is 5.41. The van der Waals surface area contributed by atoms with Crippen molar-refractivity contribution < 1.29 is 9.47 Å². The van der Waals surface area contributed by atoms with Gasteiger partial charge in [0, 0.05) is 4.47 Å². The van der Waals surface area contributed by atoms with Gasteiger partial charge in [0.1, 0.15) is 5.52 Å². The SMILES string of the molecule is Brc1cc2c(cc1Cn1nnc3ccccc31)OCO2. The summed E-state index contributed by atoms with van der Waals surface area (Å²) in [5, 5.41) is 8.36. The Morgan fingerprint density at radius 2 is 1.95 bits per heavy atom. The van der Waals surface area contributed by atoms with E-state index in [1.165, 1.54) is 0 Å². The van der Waals surface area contributed by atoms with Gasteiger partial charge in [0.05, 0.1) is 12.1 Å². The van der Waals surface area contributed by atoms with Crippen LogP contribution in [0.2, 0.25) is 0 Å². The first-order valence-corrected chi connectivity index (χ1v) is 6.97. The number of hydrogen-bond donors (Lipinski definition) is 0. The molecule has 0 unspecified atom stereocenters. The Balaban J connectivity index is 1.76. The van der Waals surface area contributed by atoms with Gasteiger partial charge in [-0.1, -0.05) is 33.3 Å². The Morgan fingerprint density at radius 3 is 2.85 bits per heavy atom. The van der Waals surface area contributed by atoms with Gasteiger partial charge >= 0.3 is 0 Å². The van der Waals surface area contributed by atoms with E-state index in [-0.39, 0.29) is 6.79 Å². The van der Waals surface area contributed by atoms with E-state index in [1.54, 1.807) is 0 Å². The fourth-order valence-corrected chi connectivity index (χ4v) is 2.72. The summed E-state index contributed by atoms with van der Waals surface area (Å²) in [6.07, 6.45) is 0. The number of para-hydroxylation sites is 1. The highest BCUT2D eigenvalue weighted by Crippen LogP contribution is 2.37. The number of fused-ring (bicyclic) bond motifs is 2. The number of ether oxygens (including phenoxy) is 2. The van der Waals surface area contributed by atoms with E-state index < -0.39 is 0 Å². The standard InChI is InChI=1S/C14H10BrN3O2/c15-10-6-14-13(19-8-20-14)5-9(10)7-18-12-4-2-1-3-11(12)16-17-18/h1-6H,7-8H2. The van der Waals surface area contributed by atoms with Crippen LogP contribution < -0.4 is 9.47 Å². The van der Waals surface area contributed by atoms with Crippen LogP contribution in [0.5, 0.6) is 11.5 Å². The molecule has 2 heterocycles. The summed E-state index contributed by atoms with van der Waals surface area (Å²) in [4.78, 5) is 0. The predicted molar refractivity (Wildman–Crippen MR) is 76.9 cm³/mol. The Bertz CT molecular complexity index is 800. The average molecular weight is 332 g/mol. The molecule has 1 aromatic heterocycles. The number of nitrogens with zero attached hydrogens (tertiary/aromatic N) is 3. The molecular weight excluding hydrogens is 322 g/mol. The summed E-state index contributed by atoms with van der Waals surface area (Å²) in [6.45, 7) is 0.898. The first-order chi connectivity index (χ1) is 9.81. The molecule has 0 N–H and O–H groups in total. The number of benzene rings is 2. The minimum atomic E-state index is 0.275. The maximum atomic E-state index is 5.41. The molecule has 3 aromatic rings. The molecule has 20 heavy (non-hydrogen) atoms. The molecule has 1 aliphatic heterocycles. The van der Waals surface area contributed by atoms with Gasteiger partial charge < -0.3 is 9.47 Å². The fourth-order valence-electron chi connectivity index (χ4n) is 2.28. The fraction of sp³-hybridized carbons (Fsp3) is 0.143. The van der Waals surface area contributed by atoms with Crippen molar-refractivity contribution in [2.24, 2.45) is 0 Å². The van der Waals surface area contributed by atoms with Crippen molar-refractivity contribution in [3.05, 3.63) is 46.4 Å². The van der Waals surface area contributed by atoms with Crippen LogP contribution in [-0.2, 0) is 6.54 Å². The first-order valence-electron chi connectivity index (χ1n) is 6.17. The van der Waals surface area contributed by atoms with Gasteiger partial charge in [-0.25, -0.2) is 4.68 Å². The van der Waals surface area contributed by atoms with Gasteiger partial charge in [-0.15, -0.1) is 5.10 Å². The molecule has 0 saturated carbocycles. The van der Waals surface area contributed by atoms with E-state index in [9.17, 15) is 0 Å². The smallest absolute Gasteiger partial charge is 0.231 e. The van der Waals surface area contributed by atoms with Gasteiger partial charge in [-0.3, -0.25) is 0 Å². The van der Waals surface area contributed by atoms with Gasteiger partial charge in [0.25, 0.3) is 0 Å². The third-order valence-corrected chi connectivity index (χ3v) is 4.02. The number of rotatable bonds is 2. The van der Waals surface area contributed by atoms with E-state index in [2.05, 4.69) is 26.2 Å². The van der Waals surface area contributed by atoms with Crippen LogP contribution in [0.3, 0.4) is 0 Å². The van der Waals surface area contributed by atoms with Crippen molar-refractivity contribution in [1.82, 2.24) is 15.0 Å². The van der Waals surface area contributed by atoms with Crippen molar-refractivity contribution in [2.75, 3.05) is 6.79 Å². The van der Waals surface area contributed by atoms with Crippen LogP contribution >= 0.6 is 15.9 Å². The molecule has 0 saturated heterocycles. The van der Waals surface area contributed by atoms with Crippen LogP contribution in [0.4, 0.5) is 0 Å².